The Morgan fingerprint density at radius 2 is 2.10 bits per heavy atom. The van der Waals surface area contributed by atoms with Crippen molar-refractivity contribution in [2.24, 2.45) is 11.8 Å². The molecule has 1 N–H and O–H groups in total. The third-order valence-corrected chi connectivity index (χ3v) is 3.68. The molecule has 1 aromatic heterocycles. The van der Waals surface area contributed by atoms with Gasteiger partial charge in [-0.2, -0.15) is 0 Å². The van der Waals surface area contributed by atoms with Crippen LogP contribution < -0.4 is 10.1 Å². The lowest BCUT2D eigenvalue weighted by molar-refractivity contribution is 0.233. The van der Waals surface area contributed by atoms with Gasteiger partial charge in [-0.1, -0.05) is 47.0 Å². The van der Waals surface area contributed by atoms with Gasteiger partial charge in [0, 0.05) is 18.8 Å². The maximum Gasteiger partial charge on any atom is 0.122 e. The molecule has 21 heavy (non-hydrogen) atoms. The number of rotatable bonds is 11. The lowest BCUT2D eigenvalue weighted by atomic mass is 10.0. The fraction of sp³-hybridized carbons (Fsp3) is 0.722. The largest absolute Gasteiger partial charge is 0.493 e. The molecule has 3 nitrogen and oxygen atoms in total. The standard InChI is InChI=1S/C18H32N2O/c1-5-7-8-16(6-2)14-21-18-9-10-20-17(11-18)13-19-12-15(3)4/h9-11,15-16,19H,5-8,12-14H2,1-4H3. The normalized spacial score (nSPS) is 12.6. The van der Waals surface area contributed by atoms with E-state index in [2.05, 4.69) is 44.1 Å². The second-order valence-corrected chi connectivity index (χ2v) is 6.24. The van der Waals surface area contributed by atoms with E-state index in [1.54, 1.807) is 0 Å². The van der Waals surface area contributed by atoms with Crippen molar-refractivity contribution in [2.45, 2.75) is 59.9 Å². The van der Waals surface area contributed by atoms with Gasteiger partial charge >= 0.3 is 0 Å². The minimum atomic E-state index is 0.660. The summed E-state index contributed by atoms with van der Waals surface area (Å²) in [5.41, 5.74) is 1.05. The van der Waals surface area contributed by atoms with Crippen LogP contribution in [0.4, 0.5) is 0 Å². The first-order valence-corrected chi connectivity index (χ1v) is 8.44. The number of pyridine rings is 1. The Morgan fingerprint density at radius 1 is 1.29 bits per heavy atom. The number of nitrogens with one attached hydrogen (secondary N) is 1. The molecule has 0 aliphatic rings. The number of aromatic nitrogens is 1. The zero-order valence-corrected chi connectivity index (χ0v) is 14.2. The van der Waals surface area contributed by atoms with Gasteiger partial charge in [0.2, 0.25) is 0 Å². The molecule has 0 saturated carbocycles. The zero-order valence-electron chi connectivity index (χ0n) is 14.2. The van der Waals surface area contributed by atoms with Crippen molar-refractivity contribution >= 4 is 0 Å². The number of ether oxygens (including phenoxy) is 1. The highest BCUT2D eigenvalue weighted by molar-refractivity contribution is 5.22. The molecular formula is C18H32N2O. The van der Waals surface area contributed by atoms with E-state index in [0.29, 0.717) is 11.8 Å². The van der Waals surface area contributed by atoms with Crippen LogP contribution in [0.1, 0.15) is 59.1 Å². The second-order valence-electron chi connectivity index (χ2n) is 6.24. The molecule has 0 fully saturated rings. The fourth-order valence-electron chi connectivity index (χ4n) is 2.24. The molecule has 0 aromatic carbocycles. The summed E-state index contributed by atoms with van der Waals surface area (Å²) < 4.78 is 5.96. The molecular weight excluding hydrogens is 260 g/mol. The Labute approximate surface area is 130 Å². The summed E-state index contributed by atoms with van der Waals surface area (Å²) in [6.45, 7) is 11.6. The average molecular weight is 292 g/mol. The van der Waals surface area contributed by atoms with E-state index >= 15 is 0 Å². The Bertz CT molecular complexity index is 379. The van der Waals surface area contributed by atoms with E-state index in [9.17, 15) is 0 Å². The highest BCUT2D eigenvalue weighted by atomic mass is 16.5. The van der Waals surface area contributed by atoms with Crippen LogP contribution in [0.5, 0.6) is 5.75 Å². The van der Waals surface area contributed by atoms with Crippen LogP contribution in [0.15, 0.2) is 18.3 Å². The Morgan fingerprint density at radius 3 is 2.76 bits per heavy atom. The van der Waals surface area contributed by atoms with Crippen molar-refractivity contribution < 1.29 is 4.74 Å². The molecule has 120 valence electrons. The van der Waals surface area contributed by atoms with Crippen molar-refractivity contribution in [1.29, 1.82) is 0 Å². The van der Waals surface area contributed by atoms with E-state index in [1.807, 2.05) is 12.3 Å². The first-order chi connectivity index (χ1) is 10.2. The van der Waals surface area contributed by atoms with Gasteiger partial charge in [-0.15, -0.1) is 0 Å². The minimum Gasteiger partial charge on any atom is -0.493 e. The molecule has 0 saturated heterocycles. The van der Waals surface area contributed by atoms with E-state index in [1.165, 1.54) is 25.7 Å². The Balaban J connectivity index is 2.40. The van der Waals surface area contributed by atoms with Crippen LogP contribution in [0.2, 0.25) is 0 Å². The van der Waals surface area contributed by atoms with Crippen LogP contribution in [-0.4, -0.2) is 18.1 Å². The van der Waals surface area contributed by atoms with Gasteiger partial charge in [0.05, 0.1) is 12.3 Å². The van der Waals surface area contributed by atoms with E-state index in [4.69, 9.17) is 4.74 Å². The van der Waals surface area contributed by atoms with Gasteiger partial charge in [0.1, 0.15) is 5.75 Å². The highest BCUT2D eigenvalue weighted by Crippen LogP contribution is 2.17. The summed E-state index contributed by atoms with van der Waals surface area (Å²) in [5, 5.41) is 3.41. The van der Waals surface area contributed by atoms with Crippen molar-refractivity contribution in [3.8, 4) is 5.75 Å². The second kappa shape index (κ2) is 10.6. The Kier molecular flexibility index (Phi) is 9.07. The summed E-state index contributed by atoms with van der Waals surface area (Å²) in [4.78, 5) is 4.39. The SMILES string of the molecule is CCCCC(CC)COc1ccnc(CNCC(C)C)c1. The molecule has 0 amide bonds. The minimum absolute atomic E-state index is 0.660. The van der Waals surface area contributed by atoms with E-state index < -0.39 is 0 Å². The summed E-state index contributed by atoms with van der Waals surface area (Å²) in [7, 11) is 0. The van der Waals surface area contributed by atoms with Crippen LogP contribution in [0, 0.1) is 11.8 Å². The third-order valence-electron chi connectivity index (χ3n) is 3.68. The first kappa shape index (κ1) is 18.0. The maximum atomic E-state index is 5.96. The van der Waals surface area contributed by atoms with Crippen LogP contribution in [0.3, 0.4) is 0 Å². The molecule has 1 unspecified atom stereocenters. The molecule has 1 aromatic rings. The average Bonchev–Trinajstić information content (AvgIpc) is 2.47. The predicted octanol–water partition coefficient (Wildman–Crippen LogP) is 4.42. The monoisotopic (exact) mass is 292 g/mol. The molecule has 0 spiro atoms. The van der Waals surface area contributed by atoms with Crippen molar-refractivity contribution in [3.63, 3.8) is 0 Å². The molecule has 3 heteroatoms. The predicted molar refractivity (Wildman–Crippen MR) is 89.6 cm³/mol. The first-order valence-electron chi connectivity index (χ1n) is 8.44. The summed E-state index contributed by atoms with van der Waals surface area (Å²) in [6.07, 6.45) is 6.85. The lowest BCUT2D eigenvalue weighted by Crippen LogP contribution is -2.19. The molecule has 1 rings (SSSR count). The van der Waals surface area contributed by atoms with Gasteiger partial charge in [-0.3, -0.25) is 4.98 Å². The molecule has 0 aliphatic heterocycles. The maximum absolute atomic E-state index is 5.96. The third kappa shape index (κ3) is 8.05. The van der Waals surface area contributed by atoms with Crippen molar-refractivity contribution in [2.75, 3.05) is 13.2 Å². The smallest absolute Gasteiger partial charge is 0.122 e. The number of hydrogen-bond donors (Lipinski definition) is 1. The number of hydrogen-bond acceptors (Lipinski definition) is 3. The van der Waals surface area contributed by atoms with Gasteiger partial charge < -0.3 is 10.1 Å². The van der Waals surface area contributed by atoms with Crippen molar-refractivity contribution in [1.82, 2.24) is 10.3 Å². The fourth-order valence-corrected chi connectivity index (χ4v) is 2.24. The Hall–Kier alpha value is -1.09. The van der Waals surface area contributed by atoms with Crippen molar-refractivity contribution in [3.05, 3.63) is 24.0 Å². The molecule has 1 heterocycles. The van der Waals surface area contributed by atoms with Gasteiger partial charge in [-0.05, 0) is 30.9 Å². The topological polar surface area (TPSA) is 34.1 Å². The van der Waals surface area contributed by atoms with Gasteiger partial charge in [-0.25, -0.2) is 0 Å². The lowest BCUT2D eigenvalue weighted by Gasteiger charge is -2.16. The molecule has 1 atom stereocenters. The summed E-state index contributed by atoms with van der Waals surface area (Å²) in [5.74, 6) is 2.27. The van der Waals surface area contributed by atoms with Crippen LogP contribution in [0.25, 0.3) is 0 Å². The summed E-state index contributed by atoms with van der Waals surface area (Å²) in [6, 6.07) is 4.01. The molecule has 0 radical (unpaired) electrons. The number of nitrogens with zero attached hydrogens (tertiary/aromatic N) is 1. The van der Waals surface area contributed by atoms with Crippen LogP contribution >= 0.6 is 0 Å². The zero-order chi connectivity index (χ0) is 15.5. The van der Waals surface area contributed by atoms with Crippen LogP contribution in [-0.2, 0) is 6.54 Å². The summed E-state index contributed by atoms with van der Waals surface area (Å²) >= 11 is 0. The highest BCUT2D eigenvalue weighted by Gasteiger charge is 2.07. The molecule has 0 bridgehead atoms. The van der Waals surface area contributed by atoms with Gasteiger partial charge in [0.25, 0.3) is 0 Å². The van der Waals surface area contributed by atoms with Gasteiger partial charge in [0.15, 0.2) is 0 Å². The number of unbranched alkanes of at least 4 members (excludes halogenated alkanes) is 1. The van der Waals surface area contributed by atoms with E-state index in [-0.39, 0.29) is 0 Å². The molecule has 0 aliphatic carbocycles. The van der Waals surface area contributed by atoms with E-state index in [0.717, 1.165) is 31.1 Å². The quantitative estimate of drug-likeness (QED) is 0.655.